The molecule has 1 N–H and O–H groups in total. The monoisotopic (exact) mass is 288 g/mol. The minimum Gasteiger partial charge on any atom is -0.438 e. The Bertz CT molecular complexity index is 688. The molecule has 5 heteroatoms. The number of aliphatic hydroxyl groups is 1. The number of hydrogen-bond acceptors (Lipinski definition) is 3. The maximum atomic E-state index is 12.0. The molecular formula is C16H20N2O3. The number of amides is 1. The standard InChI is InChI=1S/C16H20N2O3/c1-15(2)16(3,20)18(14(19)21-15)11-10-17-9-8-12-6-4-5-7-13(12)17/h4-9,20H,10-11H2,1-3H3. The van der Waals surface area contributed by atoms with Gasteiger partial charge >= 0.3 is 6.09 Å². The molecule has 0 radical (unpaired) electrons. The van der Waals surface area contributed by atoms with Crippen molar-refractivity contribution in [1.29, 1.82) is 0 Å². The first-order valence-electron chi connectivity index (χ1n) is 7.10. The van der Waals surface area contributed by atoms with Gasteiger partial charge in [0.05, 0.1) is 0 Å². The first-order chi connectivity index (χ1) is 9.83. The van der Waals surface area contributed by atoms with E-state index in [0.29, 0.717) is 13.1 Å². The lowest BCUT2D eigenvalue weighted by Gasteiger charge is -2.34. The van der Waals surface area contributed by atoms with Crippen LogP contribution < -0.4 is 0 Å². The molecule has 1 aliphatic heterocycles. The fourth-order valence-electron chi connectivity index (χ4n) is 2.73. The molecule has 0 aliphatic carbocycles. The minimum absolute atomic E-state index is 0.397. The Morgan fingerprint density at radius 1 is 1.14 bits per heavy atom. The van der Waals surface area contributed by atoms with Gasteiger partial charge in [0, 0.05) is 24.8 Å². The van der Waals surface area contributed by atoms with Crippen molar-refractivity contribution in [2.24, 2.45) is 0 Å². The fourth-order valence-corrected chi connectivity index (χ4v) is 2.73. The number of nitrogens with zero attached hydrogens (tertiary/aromatic N) is 2. The second kappa shape index (κ2) is 4.49. The topological polar surface area (TPSA) is 54.7 Å². The number of carbonyl (C=O) groups excluding carboxylic acids is 1. The largest absolute Gasteiger partial charge is 0.438 e. The fraction of sp³-hybridized carbons (Fsp3) is 0.438. The van der Waals surface area contributed by atoms with E-state index in [1.807, 2.05) is 30.5 Å². The average molecular weight is 288 g/mol. The first kappa shape index (κ1) is 13.9. The second-order valence-electron chi connectivity index (χ2n) is 6.12. The third-order valence-electron chi connectivity index (χ3n) is 4.47. The Labute approximate surface area is 123 Å². The van der Waals surface area contributed by atoms with E-state index in [-0.39, 0.29) is 0 Å². The molecule has 1 atom stereocenters. The Morgan fingerprint density at radius 3 is 2.52 bits per heavy atom. The van der Waals surface area contributed by atoms with Crippen LogP contribution in [0.25, 0.3) is 10.9 Å². The maximum absolute atomic E-state index is 12.0. The van der Waals surface area contributed by atoms with E-state index < -0.39 is 17.4 Å². The molecule has 112 valence electrons. The van der Waals surface area contributed by atoms with E-state index in [2.05, 4.69) is 10.6 Å². The quantitative estimate of drug-likeness (QED) is 0.944. The van der Waals surface area contributed by atoms with Crippen molar-refractivity contribution in [3.63, 3.8) is 0 Å². The molecule has 1 amide bonds. The van der Waals surface area contributed by atoms with Crippen molar-refractivity contribution >= 4 is 17.0 Å². The summed E-state index contributed by atoms with van der Waals surface area (Å²) in [7, 11) is 0. The zero-order valence-corrected chi connectivity index (χ0v) is 12.5. The van der Waals surface area contributed by atoms with Crippen LogP contribution in [-0.4, -0.2) is 38.5 Å². The van der Waals surface area contributed by atoms with Crippen molar-refractivity contribution in [2.75, 3.05) is 6.54 Å². The van der Waals surface area contributed by atoms with Gasteiger partial charge in [-0.1, -0.05) is 18.2 Å². The Morgan fingerprint density at radius 2 is 1.86 bits per heavy atom. The molecule has 2 heterocycles. The number of cyclic esters (lactones) is 1. The van der Waals surface area contributed by atoms with Crippen LogP contribution >= 0.6 is 0 Å². The van der Waals surface area contributed by atoms with Gasteiger partial charge in [-0.15, -0.1) is 0 Å². The van der Waals surface area contributed by atoms with Crippen LogP contribution in [0.5, 0.6) is 0 Å². The predicted octanol–water partition coefficient (Wildman–Crippen LogP) is 2.58. The predicted molar refractivity (Wildman–Crippen MR) is 79.8 cm³/mol. The van der Waals surface area contributed by atoms with Gasteiger partial charge in [-0.25, -0.2) is 4.79 Å². The van der Waals surface area contributed by atoms with Gasteiger partial charge in [0.15, 0.2) is 11.3 Å². The van der Waals surface area contributed by atoms with Gasteiger partial charge in [-0.3, -0.25) is 4.90 Å². The Kier molecular flexibility index (Phi) is 2.99. The van der Waals surface area contributed by atoms with E-state index in [9.17, 15) is 9.90 Å². The molecular weight excluding hydrogens is 268 g/mol. The molecule has 1 aromatic heterocycles. The van der Waals surface area contributed by atoms with Crippen LogP contribution in [0.4, 0.5) is 4.79 Å². The molecule has 3 rings (SSSR count). The molecule has 1 saturated heterocycles. The zero-order chi connectivity index (χ0) is 15.3. The number of rotatable bonds is 3. The number of aromatic nitrogens is 1. The molecule has 0 saturated carbocycles. The van der Waals surface area contributed by atoms with Crippen molar-refractivity contribution in [3.8, 4) is 0 Å². The van der Waals surface area contributed by atoms with Crippen molar-refractivity contribution in [1.82, 2.24) is 9.47 Å². The van der Waals surface area contributed by atoms with Crippen molar-refractivity contribution in [3.05, 3.63) is 36.5 Å². The summed E-state index contributed by atoms with van der Waals surface area (Å²) in [6.45, 7) is 6.06. The van der Waals surface area contributed by atoms with Crippen LogP contribution in [0.15, 0.2) is 36.5 Å². The number of hydrogen-bond donors (Lipinski definition) is 1. The lowest BCUT2D eigenvalue weighted by Crippen LogP contribution is -2.54. The summed E-state index contributed by atoms with van der Waals surface area (Å²) in [5.74, 6) is 0. The zero-order valence-electron chi connectivity index (χ0n) is 12.5. The SMILES string of the molecule is CC1(C)OC(=O)N(CCn2ccc3ccccc32)C1(C)O. The van der Waals surface area contributed by atoms with Crippen LogP contribution in [0.1, 0.15) is 20.8 Å². The lowest BCUT2D eigenvalue weighted by molar-refractivity contribution is -0.127. The second-order valence-corrected chi connectivity index (χ2v) is 6.12. The molecule has 0 spiro atoms. The summed E-state index contributed by atoms with van der Waals surface area (Å²) in [5.41, 5.74) is -1.11. The summed E-state index contributed by atoms with van der Waals surface area (Å²) < 4.78 is 7.34. The van der Waals surface area contributed by atoms with E-state index in [4.69, 9.17) is 4.74 Å². The molecule has 1 unspecified atom stereocenters. The molecule has 1 fully saturated rings. The van der Waals surface area contributed by atoms with Crippen molar-refractivity contribution < 1.29 is 14.6 Å². The molecule has 21 heavy (non-hydrogen) atoms. The van der Waals surface area contributed by atoms with Gasteiger partial charge < -0.3 is 14.4 Å². The van der Waals surface area contributed by atoms with Crippen LogP contribution in [0.2, 0.25) is 0 Å². The third kappa shape index (κ3) is 2.08. The van der Waals surface area contributed by atoms with E-state index in [0.717, 1.165) is 10.9 Å². The Hall–Kier alpha value is -2.01. The summed E-state index contributed by atoms with van der Waals surface area (Å²) in [6.07, 6.45) is 1.52. The molecule has 5 nitrogen and oxygen atoms in total. The summed E-state index contributed by atoms with van der Waals surface area (Å²) >= 11 is 0. The van der Waals surface area contributed by atoms with Gasteiger partial charge in [0.2, 0.25) is 0 Å². The minimum atomic E-state index is -1.31. The number of benzene rings is 1. The first-order valence-corrected chi connectivity index (χ1v) is 7.10. The summed E-state index contributed by atoms with van der Waals surface area (Å²) in [5, 5.41) is 11.7. The van der Waals surface area contributed by atoms with Gasteiger partial charge in [-0.2, -0.15) is 0 Å². The Balaban J connectivity index is 1.80. The highest BCUT2D eigenvalue weighted by Crippen LogP contribution is 2.36. The highest BCUT2D eigenvalue weighted by Gasteiger charge is 2.56. The van der Waals surface area contributed by atoms with Gasteiger partial charge in [0.1, 0.15) is 0 Å². The summed E-state index contributed by atoms with van der Waals surface area (Å²) in [6, 6.07) is 10.1. The van der Waals surface area contributed by atoms with E-state index in [1.54, 1.807) is 20.8 Å². The lowest BCUT2D eigenvalue weighted by atomic mass is 9.96. The number of fused-ring (bicyclic) bond motifs is 1. The molecule has 1 aliphatic rings. The van der Waals surface area contributed by atoms with E-state index >= 15 is 0 Å². The van der Waals surface area contributed by atoms with Gasteiger partial charge in [0.25, 0.3) is 0 Å². The van der Waals surface area contributed by atoms with E-state index in [1.165, 1.54) is 4.90 Å². The van der Waals surface area contributed by atoms with Crippen LogP contribution in [0, 0.1) is 0 Å². The normalized spacial score (nSPS) is 24.6. The molecule has 2 aromatic rings. The highest BCUT2D eigenvalue weighted by molar-refractivity contribution is 5.80. The number of carbonyl (C=O) groups is 1. The average Bonchev–Trinajstić information content (AvgIpc) is 2.87. The van der Waals surface area contributed by atoms with Crippen molar-refractivity contribution in [2.45, 2.75) is 38.6 Å². The highest BCUT2D eigenvalue weighted by atomic mass is 16.6. The molecule has 0 bridgehead atoms. The third-order valence-corrected chi connectivity index (χ3v) is 4.47. The van der Waals surface area contributed by atoms with Gasteiger partial charge in [-0.05, 0) is 38.3 Å². The smallest absolute Gasteiger partial charge is 0.412 e. The maximum Gasteiger partial charge on any atom is 0.412 e. The summed E-state index contributed by atoms with van der Waals surface area (Å²) in [4.78, 5) is 13.4. The molecule has 1 aromatic carbocycles. The van der Waals surface area contributed by atoms with Crippen LogP contribution in [-0.2, 0) is 11.3 Å². The number of para-hydroxylation sites is 1. The van der Waals surface area contributed by atoms with Crippen LogP contribution in [0.3, 0.4) is 0 Å². The number of ether oxygens (including phenoxy) is 1.